The van der Waals surface area contributed by atoms with Crippen LogP contribution in [0.3, 0.4) is 0 Å². The Morgan fingerprint density at radius 3 is 2.65 bits per heavy atom. The Labute approximate surface area is 148 Å². The summed E-state index contributed by atoms with van der Waals surface area (Å²) in [6, 6.07) is 14.8. The molecule has 26 heavy (non-hydrogen) atoms. The van der Waals surface area contributed by atoms with Crippen LogP contribution < -0.4 is 5.32 Å². The van der Waals surface area contributed by atoms with Crippen molar-refractivity contribution in [1.82, 2.24) is 25.1 Å². The number of carbonyl (C=O) groups excluding carboxylic acids is 1. The Hall–Kier alpha value is -3.81. The summed E-state index contributed by atoms with van der Waals surface area (Å²) in [5, 5.41) is 9.34. The maximum Gasteiger partial charge on any atom is 0.280 e. The van der Waals surface area contributed by atoms with E-state index in [4.69, 9.17) is 4.42 Å². The van der Waals surface area contributed by atoms with E-state index < -0.39 is 5.91 Å². The lowest BCUT2D eigenvalue weighted by Gasteiger charge is -1.97. The van der Waals surface area contributed by atoms with Crippen molar-refractivity contribution in [1.29, 1.82) is 0 Å². The summed E-state index contributed by atoms with van der Waals surface area (Å²) in [7, 11) is 0. The fourth-order valence-corrected chi connectivity index (χ4v) is 2.41. The van der Waals surface area contributed by atoms with Crippen molar-refractivity contribution in [2.75, 3.05) is 5.32 Å². The number of amides is 1. The molecule has 0 aliphatic rings. The molecule has 1 aromatic carbocycles. The van der Waals surface area contributed by atoms with Crippen molar-refractivity contribution < 1.29 is 9.21 Å². The third kappa shape index (κ3) is 3.07. The first-order valence-corrected chi connectivity index (χ1v) is 7.89. The van der Waals surface area contributed by atoms with Crippen LogP contribution in [0.5, 0.6) is 0 Å². The zero-order valence-corrected chi connectivity index (χ0v) is 13.8. The predicted molar refractivity (Wildman–Crippen MR) is 94.2 cm³/mol. The SMILES string of the molecule is Cc1oc(-c2ccccc2)nc1C(=O)Nc1n[nH]c(-c2ccccn2)n1. The standard InChI is InChI=1S/C18H14N6O2/c1-11-14(20-17(26-11)12-7-3-2-4-8-12)16(25)22-18-21-15(23-24-18)13-9-5-6-10-19-13/h2-10H,1H3,(H2,21,22,23,24,25). The lowest BCUT2D eigenvalue weighted by atomic mass is 10.2. The highest BCUT2D eigenvalue weighted by Crippen LogP contribution is 2.22. The second kappa shape index (κ2) is 6.60. The van der Waals surface area contributed by atoms with E-state index in [-0.39, 0.29) is 11.6 Å². The lowest BCUT2D eigenvalue weighted by Crippen LogP contribution is -2.14. The fourth-order valence-electron chi connectivity index (χ4n) is 2.41. The molecule has 1 amide bonds. The number of anilines is 1. The molecule has 0 saturated heterocycles. The van der Waals surface area contributed by atoms with Gasteiger partial charge in [-0.2, -0.15) is 4.98 Å². The number of hydrogen-bond donors (Lipinski definition) is 2. The molecule has 8 heteroatoms. The smallest absolute Gasteiger partial charge is 0.280 e. The molecule has 0 fully saturated rings. The van der Waals surface area contributed by atoms with Crippen molar-refractivity contribution in [2.45, 2.75) is 6.92 Å². The number of pyridine rings is 1. The van der Waals surface area contributed by atoms with Crippen LogP contribution in [0.25, 0.3) is 23.0 Å². The van der Waals surface area contributed by atoms with Crippen molar-refractivity contribution in [2.24, 2.45) is 0 Å². The van der Waals surface area contributed by atoms with E-state index in [1.54, 1.807) is 25.3 Å². The average molecular weight is 346 g/mol. The van der Waals surface area contributed by atoms with E-state index in [0.717, 1.165) is 5.56 Å². The number of hydrogen-bond acceptors (Lipinski definition) is 6. The van der Waals surface area contributed by atoms with Gasteiger partial charge in [0.2, 0.25) is 11.8 Å². The highest BCUT2D eigenvalue weighted by atomic mass is 16.4. The first kappa shape index (κ1) is 15.7. The van der Waals surface area contributed by atoms with Gasteiger partial charge in [-0.3, -0.25) is 20.2 Å². The minimum absolute atomic E-state index is 0.138. The number of benzene rings is 1. The molecule has 3 heterocycles. The van der Waals surface area contributed by atoms with E-state index in [9.17, 15) is 4.79 Å². The van der Waals surface area contributed by atoms with E-state index in [0.29, 0.717) is 23.2 Å². The van der Waals surface area contributed by atoms with Crippen LogP contribution in [0, 0.1) is 6.92 Å². The molecule has 0 bridgehead atoms. The molecule has 0 saturated carbocycles. The van der Waals surface area contributed by atoms with E-state index >= 15 is 0 Å². The quantitative estimate of drug-likeness (QED) is 0.587. The van der Waals surface area contributed by atoms with Crippen molar-refractivity contribution in [3.63, 3.8) is 0 Å². The molecule has 0 spiro atoms. The van der Waals surface area contributed by atoms with E-state index in [1.165, 1.54) is 0 Å². The van der Waals surface area contributed by atoms with Crippen LogP contribution in [-0.2, 0) is 0 Å². The van der Waals surface area contributed by atoms with Crippen LogP contribution in [-0.4, -0.2) is 31.1 Å². The summed E-state index contributed by atoms with van der Waals surface area (Å²) in [4.78, 5) is 25.2. The number of nitrogens with zero attached hydrogens (tertiary/aromatic N) is 4. The van der Waals surface area contributed by atoms with Crippen molar-refractivity contribution in [3.05, 3.63) is 66.2 Å². The summed E-state index contributed by atoms with van der Waals surface area (Å²) in [6.45, 7) is 1.69. The van der Waals surface area contributed by atoms with Crippen molar-refractivity contribution >= 4 is 11.9 Å². The summed E-state index contributed by atoms with van der Waals surface area (Å²) in [5.41, 5.74) is 1.61. The number of aromatic nitrogens is 5. The van der Waals surface area contributed by atoms with Gasteiger partial charge >= 0.3 is 0 Å². The van der Waals surface area contributed by atoms with Crippen LogP contribution in [0.15, 0.2) is 59.1 Å². The van der Waals surface area contributed by atoms with Gasteiger partial charge in [-0.1, -0.05) is 24.3 Å². The minimum Gasteiger partial charge on any atom is -0.441 e. The highest BCUT2D eigenvalue weighted by molar-refractivity contribution is 6.02. The summed E-state index contributed by atoms with van der Waals surface area (Å²) in [5.74, 6) is 0.960. The predicted octanol–water partition coefficient (Wildman–Crippen LogP) is 3.08. The minimum atomic E-state index is -0.444. The molecule has 0 atom stereocenters. The van der Waals surface area contributed by atoms with Gasteiger partial charge in [0.1, 0.15) is 11.5 Å². The molecule has 8 nitrogen and oxygen atoms in total. The van der Waals surface area contributed by atoms with E-state index in [1.807, 2.05) is 36.4 Å². The molecule has 3 aromatic heterocycles. The first-order valence-electron chi connectivity index (χ1n) is 7.89. The third-order valence-corrected chi connectivity index (χ3v) is 3.65. The molecular weight excluding hydrogens is 332 g/mol. The molecule has 128 valence electrons. The number of aryl methyl sites for hydroxylation is 1. The van der Waals surface area contributed by atoms with Crippen LogP contribution in [0.2, 0.25) is 0 Å². The Morgan fingerprint density at radius 1 is 1.08 bits per heavy atom. The van der Waals surface area contributed by atoms with Gasteiger partial charge in [0, 0.05) is 11.8 Å². The van der Waals surface area contributed by atoms with Crippen molar-refractivity contribution in [3.8, 4) is 23.0 Å². The molecule has 0 unspecified atom stereocenters. The number of aromatic amines is 1. The molecule has 4 rings (SSSR count). The van der Waals surface area contributed by atoms with Crippen LogP contribution in [0.4, 0.5) is 5.95 Å². The fraction of sp³-hybridized carbons (Fsp3) is 0.0556. The Bertz CT molecular complexity index is 1040. The average Bonchev–Trinajstić information content (AvgIpc) is 3.30. The second-order valence-corrected chi connectivity index (χ2v) is 5.47. The highest BCUT2D eigenvalue weighted by Gasteiger charge is 2.19. The molecule has 4 aromatic rings. The van der Waals surface area contributed by atoms with Gasteiger partial charge in [0.05, 0.1) is 0 Å². The van der Waals surface area contributed by atoms with E-state index in [2.05, 4.69) is 30.5 Å². The second-order valence-electron chi connectivity index (χ2n) is 5.47. The molecule has 0 radical (unpaired) electrons. The maximum atomic E-state index is 12.5. The third-order valence-electron chi connectivity index (χ3n) is 3.65. The summed E-state index contributed by atoms with van der Waals surface area (Å²) < 4.78 is 5.60. The summed E-state index contributed by atoms with van der Waals surface area (Å²) in [6.07, 6.45) is 1.65. The van der Waals surface area contributed by atoms with Gasteiger partial charge in [-0.05, 0) is 31.2 Å². The molecule has 0 aliphatic heterocycles. The van der Waals surface area contributed by atoms with Crippen LogP contribution >= 0.6 is 0 Å². The zero-order chi connectivity index (χ0) is 17.9. The normalized spacial score (nSPS) is 10.7. The number of oxazole rings is 1. The van der Waals surface area contributed by atoms with Gasteiger partial charge in [-0.15, -0.1) is 5.10 Å². The number of rotatable bonds is 4. The monoisotopic (exact) mass is 346 g/mol. The largest absolute Gasteiger partial charge is 0.441 e. The molecular formula is C18H14N6O2. The number of carbonyl (C=O) groups is 1. The molecule has 2 N–H and O–H groups in total. The van der Waals surface area contributed by atoms with Gasteiger partial charge < -0.3 is 4.42 Å². The van der Waals surface area contributed by atoms with Gasteiger partial charge in [0.15, 0.2) is 11.5 Å². The zero-order valence-electron chi connectivity index (χ0n) is 13.8. The first-order chi connectivity index (χ1) is 12.7. The van der Waals surface area contributed by atoms with Gasteiger partial charge in [0.25, 0.3) is 5.91 Å². The Balaban J connectivity index is 1.54. The summed E-state index contributed by atoms with van der Waals surface area (Å²) >= 11 is 0. The maximum absolute atomic E-state index is 12.5. The number of H-pyrrole nitrogens is 1. The van der Waals surface area contributed by atoms with Gasteiger partial charge in [-0.25, -0.2) is 4.98 Å². The lowest BCUT2D eigenvalue weighted by molar-refractivity contribution is 0.102. The number of nitrogens with one attached hydrogen (secondary N) is 2. The Morgan fingerprint density at radius 2 is 1.88 bits per heavy atom. The topological polar surface area (TPSA) is 110 Å². The Kier molecular flexibility index (Phi) is 3.98. The molecule has 0 aliphatic carbocycles. The van der Waals surface area contributed by atoms with Crippen LogP contribution in [0.1, 0.15) is 16.2 Å².